The molecule has 1 aromatic carbocycles. The van der Waals surface area contributed by atoms with Crippen LogP contribution in [-0.4, -0.2) is 18.6 Å². The van der Waals surface area contributed by atoms with Crippen molar-refractivity contribution in [2.75, 3.05) is 19.0 Å². The van der Waals surface area contributed by atoms with E-state index in [1.165, 1.54) is 48.0 Å². The summed E-state index contributed by atoms with van der Waals surface area (Å²) in [6, 6.07) is 6.19. The smallest absolute Gasteiger partial charge is 0.119 e. The third-order valence-corrected chi connectivity index (χ3v) is 4.30. The maximum atomic E-state index is 5.39. The van der Waals surface area contributed by atoms with Gasteiger partial charge in [-0.1, -0.05) is 13.3 Å². The summed E-state index contributed by atoms with van der Waals surface area (Å²) in [4.78, 5) is 4.88. The van der Waals surface area contributed by atoms with Crippen LogP contribution in [0.1, 0.15) is 43.9 Å². The van der Waals surface area contributed by atoms with Gasteiger partial charge in [-0.05, 0) is 55.9 Å². The molecule has 0 bridgehead atoms. The molecule has 2 aromatic rings. The van der Waals surface area contributed by atoms with Crippen LogP contribution in [-0.2, 0) is 12.8 Å². The van der Waals surface area contributed by atoms with E-state index in [2.05, 4.69) is 24.4 Å². The third kappa shape index (κ3) is 3.30. The van der Waals surface area contributed by atoms with Crippen molar-refractivity contribution in [3.05, 3.63) is 29.5 Å². The van der Waals surface area contributed by atoms with E-state index in [4.69, 9.17) is 9.72 Å². The van der Waals surface area contributed by atoms with E-state index in [1.54, 1.807) is 7.11 Å². The molecule has 22 heavy (non-hydrogen) atoms. The van der Waals surface area contributed by atoms with Crippen molar-refractivity contribution in [3.63, 3.8) is 0 Å². The molecule has 0 unspecified atom stereocenters. The van der Waals surface area contributed by atoms with E-state index >= 15 is 0 Å². The molecule has 3 rings (SSSR count). The van der Waals surface area contributed by atoms with Crippen molar-refractivity contribution >= 4 is 29.0 Å². The third-order valence-electron chi connectivity index (χ3n) is 4.30. The van der Waals surface area contributed by atoms with Gasteiger partial charge in [-0.2, -0.15) is 0 Å². The molecule has 120 valence electrons. The molecule has 3 nitrogen and oxygen atoms in total. The number of nitrogens with zero attached hydrogens (tertiary/aromatic N) is 1. The van der Waals surface area contributed by atoms with Gasteiger partial charge >= 0.3 is 0 Å². The SMILES string of the molecule is CCCCNc1c2c(nc3ccc(OC)cc13)CCCC2.Cl. The lowest BCUT2D eigenvalue weighted by atomic mass is 9.92. The molecule has 0 saturated heterocycles. The molecule has 0 atom stereocenters. The molecule has 0 amide bonds. The number of pyridine rings is 1. The predicted molar refractivity (Wildman–Crippen MR) is 95.6 cm³/mol. The summed E-state index contributed by atoms with van der Waals surface area (Å²) in [6.07, 6.45) is 7.19. The Kier molecular flexibility index (Phi) is 5.90. The highest BCUT2D eigenvalue weighted by atomic mass is 35.5. The van der Waals surface area contributed by atoms with E-state index in [0.29, 0.717) is 0 Å². The van der Waals surface area contributed by atoms with Crippen molar-refractivity contribution in [1.29, 1.82) is 0 Å². The topological polar surface area (TPSA) is 34.2 Å². The predicted octanol–water partition coefficient (Wildman–Crippen LogP) is 4.76. The molecular weight excluding hydrogens is 296 g/mol. The fourth-order valence-corrected chi connectivity index (χ4v) is 3.12. The summed E-state index contributed by atoms with van der Waals surface area (Å²) < 4.78 is 5.39. The molecule has 1 N–H and O–H groups in total. The lowest BCUT2D eigenvalue weighted by molar-refractivity contribution is 0.415. The summed E-state index contributed by atoms with van der Waals surface area (Å²) in [5, 5.41) is 4.87. The Hall–Kier alpha value is -1.48. The fourth-order valence-electron chi connectivity index (χ4n) is 3.12. The Balaban J connectivity index is 0.00000176. The van der Waals surface area contributed by atoms with Gasteiger partial charge in [-0.15, -0.1) is 12.4 Å². The van der Waals surface area contributed by atoms with Gasteiger partial charge in [-0.3, -0.25) is 4.98 Å². The highest BCUT2D eigenvalue weighted by Crippen LogP contribution is 2.35. The molecule has 0 aliphatic heterocycles. The van der Waals surface area contributed by atoms with Gasteiger partial charge in [0, 0.05) is 23.3 Å². The first-order valence-corrected chi connectivity index (χ1v) is 8.07. The molecule has 1 aliphatic rings. The summed E-state index contributed by atoms with van der Waals surface area (Å²) in [5.74, 6) is 0.901. The Morgan fingerprint density at radius 3 is 2.82 bits per heavy atom. The first kappa shape index (κ1) is 16.9. The van der Waals surface area contributed by atoms with Crippen molar-refractivity contribution in [1.82, 2.24) is 4.98 Å². The molecule has 1 aromatic heterocycles. The van der Waals surface area contributed by atoms with Crippen LogP contribution in [0.4, 0.5) is 5.69 Å². The maximum absolute atomic E-state index is 5.39. The molecular formula is C18H25ClN2O. The van der Waals surface area contributed by atoms with Crippen LogP contribution in [0, 0.1) is 0 Å². The quantitative estimate of drug-likeness (QED) is 0.807. The first-order chi connectivity index (χ1) is 10.3. The second-order valence-electron chi connectivity index (χ2n) is 5.78. The Bertz CT molecular complexity index is 643. The number of unbranched alkanes of at least 4 members (excludes halogenated alkanes) is 1. The molecule has 4 heteroatoms. The van der Waals surface area contributed by atoms with Crippen molar-refractivity contribution in [2.45, 2.75) is 45.4 Å². The van der Waals surface area contributed by atoms with Gasteiger partial charge in [0.2, 0.25) is 0 Å². The number of aryl methyl sites for hydroxylation is 1. The van der Waals surface area contributed by atoms with E-state index in [0.717, 1.165) is 30.7 Å². The minimum Gasteiger partial charge on any atom is -0.497 e. The number of fused-ring (bicyclic) bond motifs is 2. The summed E-state index contributed by atoms with van der Waals surface area (Å²) in [5.41, 5.74) is 5.09. The van der Waals surface area contributed by atoms with E-state index in [1.807, 2.05) is 6.07 Å². The summed E-state index contributed by atoms with van der Waals surface area (Å²) >= 11 is 0. The number of aromatic nitrogens is 1. The Morgan fingerprint density at radius 1 is 1.23 bits per heavy atom. The number of methoxy groups -OCH3 is 1. The maximum Gasteiger partial charge on any atom is 0.119 e. The molecule has 1 aliphatic carbocycles. The zero-order chi connectivity index (χ0) is 14.7. The number of rotatable bonds is 5. The van der Waals surface area contributed by atoms with Crippen molar-refractivity contribution < 1.29 is 4.74 Å². The first-order valence-electron chi connectivity index (χ1n) is 8.07. The van der Waals surface area contributed by atoms with Gasteiger partial charge < -0.3 is 10.1 Å². The molecule has 0 radical (unpaired) electrons. The largest absolute Gasteiger partial charge is 0.497 e. The number of hydrogen-bond donors (Lipinski definition) is 1. The highest BCUT2D eigenvalue weighted by molar-refractivity contribution is 5.94. The van der Waals surface area contributed by atoms with Crippen molar-refractivity contribution in [3.8, 4) is 5.75 Å². The van der Waals surface area contributed by atoms with Crippen LogP contribution in [0.2, 0.25) is 0 Å². The van der Waals surface area contributed by atoms with Crippen LogP contribution < -0.4 is 10.1 Å². The number of anilines is 1. The van der Waals surface area contributed by atoms with Crippen LogP contribution in [0.25, 0.3) is 10.9 Å². The van der Waals surface area contributed by atoms with Crippen LogP contribution >= 0.6 is 12.4 Å². The lowest BCUT2D eigenvalue weighted by Crippen LogP contribution is -2.12. The van der Waals surface area contributed by atoms with Gasteiger partial charge in [0.1, 0.15) is 5.75 Å². The monoisotopic (exact) mass is 320 g/mol. The molecule has 0 spiro atoms. The molecule has 0 saturated carbocycles. The number of halogens is 1. The average Bonchev–Trinajstić information content (AvgIpc) is 2.54. The molecule has 0 fully saturated rings. The standard InChI is InChI=1S/C18H24N2O.ClH/c1-3-4-11-19-18-14-7-5-6-8-16(14)20-17-10-9-13(21-2)12-15(17)18;/h9-10,12H,3-8,11H2,1-2H3,(H,19,20);1H. The van der Waals surface area contributed by atoms with Gasteiger partial charge in [0.25, 0.3) is 0 Å². The summed E-state index contributed by atoms with van der Waals surface area (Å²) in [7, 11) is 1.72. The number of ether oxygens (including phenoxy) is 1. The summed E-state index contributed by atoms with van der Waals surface area (Å²) in [6.45, 7) is 3.25. The Labute approximate surface area is 138 Å². The second-order valence-corrected chi connectivity index (χ2v) is 5.78. The number of nitrogens with one attached hydrogen (secondary N) is 1. The van der Waals surface area contributed by atoms with Crippen LogP contribution in [0.5, 0.6) is 5.75 Å². The highest BCUT2D eigenvalue weighted by Gasteiger charge is 2.18. The minimum atomic E-state index is 0. The minimum absolute atomic E-state index is 0. The number of hydrogen-bond acceptors (Lipinski definition) is 3. The van der Waals surface area contributed by atoms with Gasteiger partial charge in [-0.25, -0.2) is 0 Å². The fraction of sp³-hybridized carbons (Fsp3) is 0.500. The molecule has 1 heterocycles. The van der Waals surface area contributed by atoms with E-state index in [9.17, 15) is 0 Å². The normalized spacial score (nSPS) is 13.4. The van der Waals surface area contributed by atoms with Gasteiger partial charge in [0.15, 0.2) is 0 Å². The zero-order valence-corrected chi connectivity index (χ0v) is 14.3. The lowest BCUT2D eigenvalue weighted by Gasteiger charge is -2.22. The Morgan fingerprint density at radius 2 is 2.05 bits per heavy atom. The van der Waals surface area contributed by atoms with E-state index in [-0.39, 0.29) is 12.4 Å². The van der Waals surface area contributed by atoms with Crippen LogP contribution in [0.15, 0.2) is 18.2 Å². The van der Waals surface area contributed by atoms with Gasteiger partial charge in [0.05, 0.1) is 12.6 Å². The van der Waals surface area contributed by atoms with Crippen LogP contribution in [0.3, 0.4) is 0 Å². The number of benzene rings is 1. The second kappa shape index (κ2) is 7.68. The average molecular weight is 321 g/mol. The van der Waals surface area contributed by atoms with Crippen molar-refractivity contribution in [2.24, 2.45) is 0 Å². The zero-order valence-electron chi connectivity index (χ0n) is 13.4. The van der Waals surface area contributed by atoms with E-state index < -0.39 is 0 Å².